The molecule has 3 N–H and O–H groups in total. The number of fused-ring (bicyclic) bond motifs is 2. The molecule has 41 heavy (non-hydrogen) atoms. The summed E-state index contributed by atoms with van der Waals surface area (Å²) >= 11 is 0. The number of carbonyl (C=O) groups excluding carboxylic acids is 1. The highest BCUT2D eigenvalue weighted by Crippen LogP contribution is 2.41. The minimum absolute atomic E-state index is 0.0378. The molecule has 0 aromatic heterocycles. The van der Waals surface area contributed by atoms with Crippen molar-refractivity contribution in [2.75, 3.05) is 18.0 Å². The first-order valence-electron chi connectivity index (χ1n) is 12.2. The number of nitrogens with zero attached hydrogens (tertiary/aromatic N) is 1. The lowest BCUT2D eigenvalue weighted by Crippen LogP contribution is -2.48. The number of rotatable bonds is 10. The number of sulfonamides is 1. The molecule has 0 aliphatic carbocycles. The topological polar surface area (TPSA) is 168 Å². The number of esters is 1. The molecule has 0 fully saturated rings. The fourth-order valence-corrected chi connectivity index (χ4v) is 7.83. The molecule has 1 heterocycles. The maximum absolute atomic E-state index is 13.5. The van der Waals surface area contributed by atoms with Gasteiger partial charge < -0.3 is 14.6 Å². The van der Waals surface area contributed by atoms with Gasteiger partial charge in [0, 0.05) is 17.0 Å². The van der Waals surface area contributed by atoms with E-state index in [0.29, 0.717) is 26.6 Å². The normalized spacial score (nSPS) is 15.0. The van der Waals surface area contributed by atoms with Crippen LogP contribution in [0.25, 0.3) is 10.8 Å². The smallest absolute Gasteiger partial charge is 0.332 e. The van der Waals surface area contributed by atoms with Crippen LogP contribution in [0.5, 0.6) is 11.5 Å². The zero-order valence-corrected chi connectivity index (χ0v) is 23.9. The number of hydrogen-bond donors (Lipinski definition) is 3. The Morgan fingerprint density at radius 3 is 2.46 bits per heavy atom. The second-order valence-corrected chi connectivity index (χ2v) is 12.8. The molecule has 0 spiro atoms. The molecule has 0 amide bonds. The Labute approximate surface area is 237 Å². The third-order valence-electron chi connectivity index (χ3n) is 6.43. The fourth-order valence-electron chi connectivity index (χ4n) is 4.61. The molecule has 0 saturated carbocycles. The number of carboxylic acid groups (broad SMARTS) is 1. The van der Waals surface area contributed by atoms with Gasteiger partial charge in [-0.3, -0.25) is 10.1 Å². The summed E-state index contributed by atoms with van der Waals surface area (Å²) in [6, 6.07) is 10.6. The lowest BCUT2D eigenvalue weighted by Gasteiger charge is -2.30. The lowest BCUT2D eigenvalue weighted by molar-refractivity contribution is -0.137. The maximum atomic E-state index is 13.5. The first-order valence-corrected chi connectivity index (χ1v) is 15.1. The summed E-state index contributed by atoms with van der Waals surface area (Å²) in [5, 5.41) is 12.7. The molecule has 12 nitrogen and oxygen atoms in total. The molecule has 2 atom stereocenters. The SMILES string of the molecule is C#C[C@H](N[C@@H](C)CC(=O)O)c1ccc(S(=O)(=O)NS(=O)(=O)N2CC(=O)Oc3c2ccc(OC)c3C)c2ccccc12. The van der Waals surface area contributed by atoms with E-state index in [-0.39, 0.29) is 28.1 Å². The molecular weight excluding hydrogens is 574 g/mol. The highest BCUT2D eigenvalue weighted by molar-refractivity contribution is 8.05. The predicted octanol–water partition coefficient (Wildman–Crippen LogP) is 2.23. The summed E-state index contributed by atoms with van der Waals surface area (Å²) in [7, 11) is -8.18. The molecule has 216 valence electrons. The number of carbonyl (C=O) groups is 2. The predicted molar refractivity (Wildman–Crippen MR) is 150 cm³/mol. The van der Waals surface area contributed by atoms with Crippen LogP contribution < -0.4 is 23.2 Å². The van der Waals surface area contributed by atoms with Crippen molar-refractivity contribution in [3.05, 3.63) is 59.7 Å². The number of carboxylic acids is 1. The Kier molecular flexibility index (Phi) is 8.27. The molecule has 0 saturated heterocycles. The number of ether oxygens (including phenoxy) is 2. The average molecular weight is 602 g/mol. The minimum Gasteiger partial charge on any atom is -0.496 e. The van der Waals surface area contributed by atoms with Crippen molar-refractivity contribution >= 4 is 48.6 Å². The molecule has 3 aromatic rings. The third-order valence-corrected chi connectivity index (χ3v) is 10.00. The summed E-state index contributed by atoms with van der Waals surface area (Å²) in [6.07, 6.45) is 5.53. The van der Waals surface area contributed by atoms with Crippen molar-refractivity contribution < 1.29 is 41.0 Å². The van der Waals surface area contributed by atoms with Gasteiger partial charge in [-0.25, -0.2) is 17.5 Å². The van der Waals surface area contributed by atoms with Crippen LogP contribution in [0.4, 0.5) is 5.69 Å². The summed E-state index contributed by atoms with van der Waals surface area (Å²) in [6.45, 7) is 2.47. The van der Waals surface area contributed by atoms with Crippen LogP contribution in [0.15, 0.2) is 53.4 Å². The third kappa shape index (κ3) is 5.98. The summed E-state index contributed by atoms with van der Waals surface area (Å²) in [4.78, 5) is 23.1. The van der Waals surface area contributed by atoms with Gasteiger partial charge in [0.1, 0.15) is 12.3 Å². The van der Waals surface area contributed by atoms with Crippen LogP contribution in [0.3, 0.4) is 0 Å². The highest BCUT2D eigenvalue weighted by Gasteiger charge is 2.37. The van der Waals surface area contributed by atoms with Gasteiger partial charge in [0.25, 0.3) is 10.0 Å². The lowest BCUT2D eigenvalue weighted by atomic mass is 9.98. The van der Waals surface area contributed by atoms with Gasteiger partial charge in [0.05, 0.1) is 30.2 Å². The molecular formula is C27H27N3O9S2. The molecule has 4 rings (SSSR count). The van der Waals surface area contributed by atoms with Crippen LogP contribution in [0.2, 0.25) is 0 Å². The molecule has 0 unspecified atom stereocenters. The molecule has 14 heteroatoms. The molecule has 0 bridgehead atoms. The second kappa shape index (κ2) is 11.4. The van der Waals surface area contributed by atoms with E-state index in [9.17, 15) is 26.4 Å². The number of aliphatic carboxylic acids is 1. The van der Waals surface area contributed by atoms with E-state index in [4.69, 9.17) is 21.0 Å². The van der Waals surface area contributed by atoms with Gasteiger partial charge in [-0.05, 0) is 43.0 Å². The number of methoxy groups -OCH3 is 1. The van der Waals surface area contributed by atoms with Gasteiger partial charge in [0.15, 0.2) is 5.75 Å². The molecule has 1 aliphatic heterocycles. The van der Waals surface area contributed by atoms with Crippen LogP contribution in [-0.2, 0) is 29.8 Å². The number of hydrogen-bond acceptors (Lipinski definition) is 9. The highest BCUT2D eigenvalue weighted by atomic mass is 32.3. The first-order chi connectivity index (χ1) is 19.3. The van der Waals surface area contributed by atoms with Crippen LogP contribution in [0.1, 0.15) is 30.5 Å². The van der Waals surface area contributed by atoms with Crippen LogP contribution in [0, 0.1) is 19.3 Å². The van der Waals surface area contributed by atoms with Crippen molar-refractivity contribution in [3.8, 4) is 23.8 Å². The Hall–Kier alpha value is -4.16. The quantitative estimate of drug-likeness (QED) is 0.178. The number of terminal acetylenes is 1. The number of nitrogens with one attached hydrogen (secondary N) is 2. The Bertz CT molecular complexity index is 1800. The monoisotopic (exact) mass is 601 g/mol. The Balaban J connectivity index is 1.73. The van der Waals surface area contributed by atoms with Crippen LogP contribution >= 0.6 is 0 Å². The van der Waals surface area contributed by atoms with E-state index in [1.807, 2.05) is 0 Å². The van der Waals surface area contributed by atoms with E-state index in [1.165, 1.54) is 37.4 Å². The number of benzene rings is 3. The van der Waals surface area contributed by atoms with Crippen molar-refractivity contribution in [2.45, 2.75) is 37.2 Å². The van der Waals surface area contributed by atoms with Gasteiger partial charge >= 0.3 is 22.1 Å². The van der Waals surface area contributed by atoms with Gasteiger partial charge in [-0.1, -0.05) is 40.4 Å². The zero-order valence-electron chi connectivity index (χ0n) is 22.2. The molecule has 3 aromatic carbocycles. The van der Waals surface area contributed by atoms with E-state index >= 15 is 0 Å². The molecule has 1 aliphatic rings. The van der Waals surface area contributed by atoms with Gasteiger partial charge in [-0.15, -0.1) is 6.42 Å². The summed E-state index contributed by atoms with van der Waals surface area (Å²) in [5.74, 6) is 0.915. The maximum Gasteiger partial charge on any atom is 0.332 e. The second-order valence-electron chi connectivity index (χ2n) is 9.28. The Morgan fingerprint density at radius 2 is 1.83 bits per heavy atom. The largest absolute Gasteiger partial charge is 0.496 e. The van der Waals surface area contributed by atoms with E-state index in [2.05, 4.69) is 11.2 Å². The van der Waals surface area contributed by atoms with Gasteiger partial charge in [0.2, 0.25) is 0 Å². The van der Waals surface area contributed by atoms with E-state index in [1.54, 1.807) is 36.2 Å². The average Bonchev–Trinajstić information content (AvgIpc) is 2.90. The standard InChI is InChI=1S/C27H27N3O9S2/c1-5-21(28-16(2)14-25(31)32)19-10-13-24(20-9-7-6-8-18(19)20)40(34,35)29-41(36,37)30-15-26(33)39-27-17(3)23(38-4)12-11-22(27)30/h1,6-13,16,21,28-29H,14-15H2,2-4H3,(H,31,32)/t16-,21-/m0/s1. The summed E-state index contributed by atoms with van der Waals surface area (Å²) < 4.78 is 66.8. The van der Waals surface area contributed by atoms with Crippen molar-refractivity contribution in [1.29, 1.82) is 0 Å². The molecule has 0 radical (unpaired) electrons. The van der Waals surface area contributed by atoms with Crippen molar-refractivity contribution in [3.63, 3.8) is 0 Å². The summed E-state index contributed by atoms with van der Waals surface area (Å²) in [5.41, 5.74) is 0.820. The van der Waals surface area contributed by atoms with E-state index < -0.39 is 50.8 Å². The Morgan fingerprint density at radius 1 is 1.15 bits per heavy atom. The van der Waals surface area contributed by atoms with E-state index in [0.717, 1.165) is 0 Å². The minimum atomic E-state index is -4.85. The van der Waals surface area contributed by atoms with Gasteiger partial charge in [-0.2, -0.15) is 8.42 Å². The van der Waals surface area contributed by atoms with Crippen molar-refractivity contribution in [1.82, 2.24) is 9.44 Å². The fraction of sp³-hybridized carbons (Fsp3) is 0.259. The van der Waals surface area contributed by atoms with Crippen LogP contribution in [-0.4, -0.2) is 53.6 Å². The zero-order chi connectivity index (χ0) is 30.1. The first kappa shape index (κ1) is 29.8. The van der Waals surface area contributed by atoms with Crippen molar-refractivity contribution in [2.24, 2.45) is 0 Å². The number of anilines is 1.